The third kappa shape index (κ3) is 6.51. The van der Waals surface area contributed by atoms with Gasteiger partial charge in [0.25, 0.3) is 0 Å². The summed E-state index contributed by atoms with van der Waals surface area (Å²) >= 11 is 9.26. The van der Waals surface area contributed by atoms with Crippen molar-refractivity contribution in [3.8, 4) is 5.75 Å². The molecule has 3 aromatic rings. The minimum absolute atomic E-state index is 0.193. The molecule has 142 valence electrons. The summed E-state index contributed by atoms with van der Waals surface area (Å²) in [6.45, 7) is 0.478. The highest BCUT2D eigenvalue weighted by Gasteiger charge is 2.02. The number of nitrogens with one attached hydrogen (secondary N) is 1. The van der Waals surface area contributed by atoms with Crippen molar-refractivity contribution in [2.24, 2.45) is 5.10 Å². The van der Waals surface area contributed by atoms with Crippen LogP contribution in [0, 0.1) is 0 Å². The quantitative estimate of drug-likeness (QED) is 0.383. The van der Waals surface area contributed by atoms with E-state index in [0.29, 0.717) is 11.6 Å². The number of hydrazone groups is 1. The lowest BCUT2D eigenvalue weighted by Gasteiger charge is -2.07. The van der Waals surface area contributed by atoms with Gasteiger partial charge in [-0.15, -0.1) is 0 Å². The third-order valence-corrected chi connectivity index (χ3v) is 4.64. The molecular weight excluding hydrogens is 440 g/mol. The van der Waals surface area contributed by atoms with Crippen molar-refractivity contribution < 1.29 is 9.53 Å². The second kappa shape index (κ2) is 10.1. The molecule has 0 aromatic heterocycles. The average molecular weight is 458 g/mol. The summed E-state index contributed by atoms with van der Waals surface area (Å²) in [6, 6.07) is 22.6. The Bertz CT molecular complexity index is 957. The van der Waals surface area contributed by atoms with Crippen molar-refractivity contribution in [3.05, 3.63) is 99.0 Å². The third-order valence-electron chi connectivity index (χ3n) is 3.86. The molecule has 0 saturated carbocycles. The average Bonchev–Trinajstić information content (AvgIpc) is 2.70. The van der Waals surface area contributed by atoms with Gasteiger partial charge in [-0.2, -0.15) is 5.10 Å². The number of nitrogens with zero attached hydrogens (tertiary/aromatic N) is 1. The van der Waals surface area contributed by atoms with E-state index < -0.39 is 0 Å². The van der Waals surface area contributed by atoms with Gasteiger partial charge >= 0.3 is 0 Å². The summed E-state index contributed by atoms with van der Waals surface area (Å²) in [6.07, 6.45) is 1.83. The molecule has 1 amide bonds. The van der Waals surface area contributed by atoms with Gasteiger partial charge in [-0.3, -0.25) is 4.79 Å². The van der Waals surface area contributed by atoms with Crippen LogP contribution in [-0.4, -0.2) is 12.1 Å². The number of halogens is 2. The van der Waals surface area contributed by atoms with Crippen molar-refractivity contribution >= 4 is 39.7 Å². The number of carbonyl (C=O) groups is 1. The van der Waals surface area contributed by atoms with Crippen molar-refractivity contribution in [2.75, 3.05) is 0 Å². The molecule has 0 spiro atoms. The fourth-order valence-electron chi connectivity index (χ4n) is 2.44. The van der Waals surface area contributed by atoms with Gasteiger partial charge in [0.2, 0.25) is 5.91 Å². The second-order valence-corrected chi connectivity index (χ2v) is 7.44. The van der Waals surface area contributed by atoms with Crippen LogP contribution in [0.25, 0.3) is 0 Å². The number of benzene rings is 3. The number of hydrogen-bond donors (Lipinski definition) is 1. The summed E-state index contributed by atoms with van der Waals surface area (Å²) in [5.74, 6) is 0.542. The maximum Gasteiger partial charge on any atom is 0.244 e. The molecule has 4 nitrogen and oxygen atoms in total. The predicted octanol–water partition coefficient (Wildman–Crippen LogP) is 5.37. The van der Waals surface area contributed by atoms with Crippen LogP contribution >= 0.6 is 27.5 Å². The summed E-state index contributed by atoms with van der Waals surface area (Å²) in [7, 11) is 0. The van der Waals surface area contributed by atoms with E-state index in [4.69, 9.17) is 16.3 Å². The van der Waals surface area contributed by atoms with E-state index >= 15 is 0 Å². The minimum atomic E-state index is -0.193. The standard InChI is InChI=1S/C22H18BrClN2O2/c23-19-8-4-17(5-9-19)15-28-21-3-1-2-18(12-21)14-25-26-22(27)13-16-6-10-20(24)11-7-16/h1-12,14H,13,15H2,(H,26,27)/b25-14-. The summed E-state index contributed by atoms with van der Waals surface area (Å²) in [4.78, 5) is 12.0. The van der Waals surface area contributed by atoms with Gasteiger partial charge in [0.1, 0.15) is 12.4 Å². The smallest absolute Gasteiger partial charge is 0.244 e. The summed E-state index contributed by atoms with van der Waals surface area (Å²) in [5.41, 5.74) is 5.32. The molecule has 6 heteroatoms. The van der Waals surface area contributed by atoms with Gasteiger partial charge in [-0.1, -0.05) is 63.9 Å². The fourth-order valence-corrected chi connectivity index (χ4v) is 2.83. The van der Waals surface area contributed by atoms with Gasteiger partial charge in [-0.05, 0) is 53.1 Å². The Morgan fingerprint density at radius 3 is 2.50 bits per heavy atom. The van der Waals surface area contributed by atoms with E-state index in [1.807, 2.05) is 60.7 Å². The van der Waals surface area contributed by atoms with Crippen molar-refractivity contribution in [2.45, 2.75) is 13.0 Å². The van der Waals surface area contributed by atoms with Crippen LogP contribution in [0.3, 0.4) is 0 Å². The van der Waals surface area contributed by atoms with Crippen LogP contribution in [0.15, 0.2) is 82.4 Å². The first kappa shape index (κ1) is 20.1. The molecule has 0 aliphatic carbocycles. The zero-order valence-electron chi connectivity index (χ0n) is 14.9. The molecular formula is C22H18BrClN2O2. The number of ether oxygens (including phenoxy) is 1. The molecule has 28 heavy (non-hydrogen) atoms. The fraction of sp³-hybridized carbons (Fsp3) is 0.0909. The molecule has 0 bridgehead atoms. The van der Waals surface area contributed by atoms with Crippen LogP contribution in [0.5, 0.6) is 5.75 Å². The lowest BCUT2D eigenvalue weighted by molar-refractivity contribution is -0.120. The molecule has 0 fully saturated rings. The Hall–Kier alpha value is -2.63. The maximum atomic E-state index is 12.0. The number of amides is 1. The first-order valence-electron chi connectivity index (χ1n) is 8.62. The van der Waals surface area contributed by atoms with E-state index in [0.717, 1.165) is 26.9 Å². The molecule has 0 atom stereocenters. The monoisotopic (exact) mass is 456 g/mol. The number of hydrogen-bond acceptors (Lipinski definition) is 3. The zero-order valence-corrected chi connectivity index (χ0v) is 17.3. The van der Waals surface area contributed by atoms with Gasteiger partial charge < -0.3 is 4.74 Å². The molecule has 3 rings (SSSR count). The minimum Gasteiger partial charge on any atom is -0.489 e. The van der Waals surface area contributed by atoms with Crippen molar-refractivity contribution in [1.82, 2.24) is 5.43 Å². The molecule has 1 N–H and O–H groups in total. The zero-order chi connectivity index (χ0) is 19.8. The predicted molar refractivity (Wildman–Crippen MR) is 116 cm³/mol. The van der Waals surface area contributed by atoms with E-state index in [2.05, 4.69) is 26.5 Å². The van der Waals surface area contributed by atoms with Crippen LogP contribution in [0.4, 0.5) is 0 Å². The van der Waals surface area contributed by atoms with E-state index in [1.165, 1.54) is 0 Å². The van der Waals surface area contributed by atoms with Crippen LogP contribution in [0.1, 0.15) is 16.7 Å². The number of carbonyl (C=O) groups excluding carboxylic acids is 1. The van der Waals surface area contributed by atoms with Gasteiger partial charge in [0.15, 0.2) is 0 Å². The van der Waals surface area contributed by atoms with Gasteiger partial charge in [-0.25, -0.2) is 5.43 Å². The van der Waals surface area contributed by atoms with Crippen LogP contribution in [0.2, 0.25) is 5.02 Å². The topological polar surface area (TPSA) is 50.7 Å². The molecule has 0 heterocycles. The van der Waals surface area contributed by atoms with Crippen LogP contribution in [-0.2, 0) is 17.8 Å². The summed E-state index contributed by atoms with van der Waals surface area (Å²) in [5, 5.41) is 4.66. The van der Waals surface area contributed by atoms with Crippen molar-refractivity contribution in [1.29, 1.82) is 0 Å². The number of rotatable bonds is 7. The highest BCUT2D eigenvalue weighted by Crippen LogP contribution is 2.16. The molecule has 0 aliphatic heterocycles. The first-order valence-corrected chi connectivity index (χ1v) is 9.79. The molecule has 0 aliphatic rings. The van der Waals surface area contributed by atoms with Gasteiger partial charge in [0.05, 0.1) is 12.6 Å². The lowest BCUT2D eigenvalue weighted by Crippen LogP contribution is -2.19. The Balaban J connectivity index is 1.51. The Morgan fingerprint density at radius 1 is 1.04 bits per heavy atom. The first-order chi connectivity index (χ1) is 13.6. The highest BCUT2D eigenvalue weighted by atomic mass is 79.9. The van der Waals surface area contributed by atoms with E-state index in [1.54, 1.807) is 18.3 Å². The van der Waals surface area contributed by atoms with Gasteiger partial charge in [0, 0.05) is 9.50 Å². The SMILES string of the molecule is O=C(Cc1ccc(Cl)cc1)N/N=C\c1cccc(OCc2ccc(Br)cc2)c1. The molecule has 0 radical (unpaired) electrons. The largest absolute Gasteiger partial charge is 0.489 e. The van der Waals surface area contributed by atoms with Crippen molar-refractivity contribution in [3.63, 3.8) is 0 Å². The summed E-state index contributed by atoms with van der Waals surface area (Å²) < 4.78 is 6.85. The van der Waals surface area contributed by atoms with E-state index in [9.17, 15) is 4.79 Å². The maximum absolute atomic E-state index is 12.0. The Morgan fingerprint density at radius 2 is 1.75 bits per heavy atom. The second-order valence-electron chi connectivity index (χ2n) is 6.08. The Labute approximate surface area is 177 Å². The van der Waals surface area contributed by atoms with Crippen LogP contribution < -0.4 is 10.2 Å². The highest BCUT2D eigenvalue weighted by molar-refractivity contribution is 9.10. The lowest BCUT2D eigenvalue weighted by atomic mass is 10.1. The Kier molecular flexibility index (Phi) is 7.23. The molecule has 3 aromatic carbocycles. The normalized spacial score (nSPS) is 10.8. The molecule has 0 saturated heterocycles. The van der Waals surface area contributed by atoms with E-state index in [-0.39, 0.29) is 12.3 Å². The molecule has 0 unspecified atom stereocenters.